The summed E-state index contributed by atoms with van der Waals surface area (Å²) in [5, 5.41) is 6.67. The Bertz CT molecular complexity index is 1270. The van der Waals surface area contributed by atoms with Gasteiger partial charge in [-0.25, -0.2) is 9.97 Å². The highest BCUT2D eigenvalue weighted by Crippen LogP contribution is 2.35. The van der Waals surface area contributed by atoms with Crippen LogP contribution in [0, 0.1) is 6.92 Å². The normalized spacial score (nSPS) is 10.8. The third kappa shape index (κ3) is 6.30. The number of amides is 1. The third-order valence-corrected chi connectivity index (χ3v) is 6.69. The molecular weight excluding hydrogens is 478 g/mol. The van der Waals surface area contributed by atoms with Crippen molar-refractivity contribution in [1.82, 2.24) is 15.3 Å². The third-order valence-electron chi connectivity index (χ3n) is 4.68. The fourth-order valence-corrected chi connectivity index (χ4v) is 4.97. The van der Waals surface area contributed by atoms with Gasteiger partial charge < -0.3 is 15.4 Å². The van der Waals surface area contributed by atoms with Crippen molar-refractivity contribution < 1.29 is 18.3 Å². The van der Waals surface area contributed by atoms with E-state index in [4.69, 9.17) is 0 Å². The van der Waals surface area contributed by atoms with Crippen molar-refractivity contribution in [1.29, 1.82) is 0 Å². The molecular formula is C24H20F2N4O2S2. The number of benzene rings is 2. The SMILES string of the molecule is Cc1ccc(Sc2cnc(Nc3ccccn3)s2)cc1C(=O)NCc1ccccc1OC(F)F. The number of halogens is 2. The molecule has 2 N–H and O–H groups in total. The van der Waals surface area contributed by atoms with Crippen LogP contribution in [0.1, 0.15) is 21.5 Å². The molecule has 2 heterocycles. The fraction of sp³-hybridized carbons (Fsp3) is 0.125. The van der Waals surface area contributed by atoms with Crippen molar-refractivity contribution in [3.05, 3.63) is 89.7 Å². The maximum absolute atomic E-state index is 12.8. The second kappa shape index (κ2) is 11.1. The lowest BCUT2D eigenvalue weighted by Gasteiger charge is -2.12. The van der Waals surface area contributed by atoms with E-state index in [-0.39, 0.29) is 18.2 Å². The molecule has 0 saturated carbocycles. The molecule has 2 aromatic carbocycles. The Hall–Kier alpha value is -3.50. The quantitative estimate of drug-likeness (QED) is 0.283. The lowest BCUT2D eigenvalue weighted by Crippen LogP contribution is -2.24. The summed E-state index contributed by atoms with van der Waals surface area (Å²) in [6.45, 7) is -1.02. The smallest absolute Gasteiger partial charge is 0.387 e. The minimum absolute atomic E-state index is 0.0409. The van der Waals surface area contributed by atoms with Gasteiger partial charge in [0.2, 0.25) is 0 Å². The molecule has 0 unspecified atom stereocenters. The number of aryl methyl sites for hydroxylation is 1. The average molecular weight is 499 g/mol. The van der Waals surface area contributed by atoms with Crippen LogP contribution < -0.4 is 15.4 Å². The van der Waals surface area contributed by atoms with Crippen molar-refractivity contribution >= 4 is 40.0 Å². The van der Waals surface area contributed by atoms with E-state index >= 15 is 0 Å². The molecule has 34 heavy (non-hydrogen) atoms. The number of hydrogen-bond acceptors (Lipinski definition) is 7. The van der Waals surface area contributed by atoms with E-state index in [0.717, 1.165) is 19.8 Å². The molecule has 0 aliphatic carbocycles. The molecule has 0 spiro atoms. The highest BCUT2D eigenvalue weighted by molar-refractivity contribution is 8.01. The Morgan fingerprint density at radius 3 is 2.74 bits per heavy atom. The van der Waals surface area contributed by atoms with E-state index in [1.54, 1.807) is 30.6 Å². The molecule has 0 aliphatic rings. The Balaban J connectivity index is 1.42. The number of hydrogen-bond donors (Lipinski definition) is 2. The van der Waals surface area contributed by atoms with Crippen LogP contribution in [-0.4, -0.2) is 22.5 Å². The van der Waals surface area contributed by atoms with Gasteiger partial charge in [0, 0.05) is 28.8 Å². The number of ether oxygens (including phenoxy) is 1. The van der Waals surface area contributed by atoms with E-state index in [1.807, 2.05) is 43.3 Å². The van der Waals surface area contributed by atoms with Crippen molar-refractivity contribution in [3.63, 3.8) is 0 Å². The number of carbonyl (C=O) groups is 1. The van der Waals surface area contributed by atoms with Gasteiger partial charge in [0.05, 0.1) is 10.4 Å². The number of aromatic nitrogens is 2. The summed E-state index contributed by atoms with van der Waals surface area (Å²) in [6, 6.07) is 17.6. The number of nitrogens with one attached hydrogen (secondary N) is 2. The molecule has 10 heteroatoms. The minimum Gasteiger partial charge on any atom is -0.434 e. The molecule has 1 amide bonds. The molecule has 2 aromatic heterocycles. The van der Waals surface area contributed by atoms with Gasteiger partial charge in [-0.2, -0.15) is 8.78 Å². The Labute approximate surface area is 203 Å². The second-order valence-electron chi connectivity index (χ2n) is 7.07. The van der Waals surface area contributed by atoms with Crippen LogP contribution in [0.4, 0.5) is 19.7 Å². The van der Waals surface area contributed by atoms with E-state index in [0.29, 0.717) is 16.9 Å². The number of anilines is 2. The lowest BCUT2D eigenvalue weighted by molar-refractivity contribution is -0.0504. The van der Waals surface area contributed by atoms with Crippen LogP contribution in [0.5, 0.6) is 5.75 Å². The van der Waals surface area contributed by atoms with Gasteiger partial charge in [0.25, 0.3) is 5.91 Å². The summed E-state index contributed by atoms with van der Waals surface area (Å²) in [5.41, 5.74) is 1.78. The Morgan fingerprint density at radius 2 is 1.94 bits per heavy atom. The number of carbonyl (C=O) groups excluding carboxylic acids is 1. The van der Waals surface area contributed by atoms with Crippen LogP contribution in [0.25, 0.3) is 0 Å². The Morgan fingerprint density at radius 1 is 1.12 bits per heavy atom. The molecule has 0 fully saturated rings. The zero-order valence-electron chi connectivity index (χ0n) is 18.0. The molecule has 0 saturated heterocycles. The van der Waals surface area contributed by atoms with Gasteiger partial charge in [-0.1, -0.05) is 53.4 Å². The van der Waals surface area contributed by atoms with Crippen LogP contribution in [0.15, 0.2) is 82.2 Å². The van der Waals surface area contributed by atoms with E-state index in [2.05, 4.69) is 25.3 Å². The lowest BCUT2D eigenvalue weighted by atomic mass is 10.1. The number of rotatable bonds is 9. The van der Waals surface area contributed by atoms with Crippen molar-refractivity contribution in [2.75, 3.05) is 5.32 Å². The van der Waals surface area contributed by atoms with Crippen LogP contribution in [0.2, 0.25) is 0 Å². The topological polar surface area (TPSA) is 76.1 Å². The first-order valence-corrected chi connectivity index (χ1v) is 11.8. The van der Waals surface area contributed by atoms with Gasteiger partial charge in [-0.15, -0.1) is 0 Å². The van der Waals surface area contributed by atoms with Crippen molar-refractivity contribution in [2.24, 2.45) is 0 Å². The summed E-state index contributed by atoms with van der Waals surface area (Å²) in [6.07, 6.45) is 3.47. The highest BCUT2D eigenvalue weighted by Gasteiger charge is 2.14. The minimum atomic E-state index is -2.93. The van der Waals surface area contributed by atoms with E-state index < -0.39 is 6.61 Å². The number of pyridine rings is 1. The highest BCUT2D eigenvalue weighted by atomic mass is 32.2. The predicted octanol–water partition coefficient (Wildman–Crippen LogP) is 6.27. The van der Waals surface area contributed by atoms with Gasteiger partial charge in [-0.05, 0) is 42.8 Å². The fourth-order valence-electron chi connectivity index (χ4n) is 3.07. The maximum Gasteiger partial charge on any atom is 0.387 e. The van der Waals surface area contributed by atoms with E-state index in [9.17, 15) is 13.6 Å². The number of alkyl halides is 2. The van der Waals surface area contributed by atoms with Gasteiger partial charge >= 0.3 is 6.61 Å². The molecule has 4 rings (SSSR count). The van der Waals surface area contributed by atoms with Crippen LogP contribution in [-0.2, 0) is 6.54 Å². The van der Waals surface area contributed by atoms with Crippen LogP contribution in [0.3, 0.4) is 0 Å². The molecule has 0 bridgehead atoms. The second-order valence-corrected chi connectivity index (χ2v) is 9.48. The van der Waals surface area contributed by atoms with Crippen molar-refractivity contribution in [2.45, 2.75) is 29.2 Å². The number of nitrogens with zero attached hydrogens (tertiary/aromatic N) is 2. The first-order valence-electron chi connectivity index (χ1n) is 10.2. The van der Waals surface area contributed by atoms with Gasteiger partial charge in [-0.3, -0.25) is 4.79 Å². The first-order chi connectivity index (χ1) is 16.5. The van der Waals surface area contributed by atoms with Crippen molar-refractivity contribution in [3.8, 4) is 5.75 Å². The first kappa shape index (κ1) is 23.7. The monoisotopic (exact) mass is 498 g/mol. The summed E-state index contributed by atoms with van der Waals surface area (Å²) >= 11 is 2.98. The Kier molecular flexibility index (Phi) is 7.71. The standard InChI is InChI=1S/C24H20F2N4O2S2/c1-15-9-10-17(33-21-14-29-24(34-21)30-20-8-4-5-11-27-20)12-18(15)22(31)28-13-16-6-2-3-7-19(16)32-23(25)26/h2-12,14,23H,13H2,1H3,(H,28,31)(H,27,29,30). The van der Waals surface area contributed by atoms with Crippen LogP contribution >= 0.6 is 23.1 Å². The number of thiazole rings is 1. The summed E-state index contributed by atoms with van der Waals surface area (Å²) in [7, 11) is 0. The molecule has 6 nitrogen and oxygen atoms in total. The van der Waals surface area contributed by atoms with Gasteiger partial charge in [0.15, 0.2) is 5.13 Å². The maximum atomic E-state index is 12.8. The summed E-state index contributed by atoms with van der Waals surface area (Å²) in [4.78, 5) is 22.3. The summed E-state index contributed by atoms with van der Waals surface area (Å²) in [5.74, 6) is 0.455. The molecule has 4 aromatic rings. The zero-order chi connectivity index (χ0) is 23.9. The molecule has 0 radical (unpaired) electrons. The molecule has 0 aliphatic heterocycles. The van der Waals surface area contributed by atoms with E-state index in [1.165, 1.54) is 29.2 Å². The zero-order valence-corrected chi connectivity index (χ0v) is 19.6. The predicted molar refractivity (Wildman–Crippen MR) is 129 cm³/mol. The molecule has 0 atom stereocenters. The largest absolute Gasteiger partial charge is 0.434 e. The number of para-hydroxylation sites is 1. The summed E-state index contributed by atoms with van der Waals surface area (Å²) < 4.78 is 30.7. The molecule has 174 valence electrons. The average Bonchev–Trinajstić information content (AvgIpc) is 3.26. The van der Waals surface area contributed by atoms with Gasteiger partial charge in [0.1, 0.15) is 11.6 Å².